The number of aliphatic hydroxyl groups excluding tert-OH is 2. The highest BCUT2D eigenvalue weighted by Gasteiger charge is 2.35. The number of piperidine rings is 1. The second kappa shape index (κ2) is 17.7. The molecule has 0 saturated carbocycles. The number of carbonyl (C=O) groups excluding carboxylic acids is 4. The molecule has 1 saturated heterocycles. The van der Waals surface area contributed by atoms with Crippen molar-refractivity contribution >= 4 is 30.0 Å². The fraction of sp³-hybridized carbons (Fsp3) is 0.326. The molecule has 4 unspecified atom stereocenters. The van der Waals surface area contributed by atoms with Crippen molar-refractivity contribution in [2.45, 2.75) is 69.5 Å². The molecule has 1 heterocycles. The van der Waals surface area contributed by atoms with Crippen molar-refractivity contribution in [3.63, 3.8) is 0 Å². The molecule has 4 atom stereocenters. The first-order valence-electron chi connectivity index (χ1n) is 19.3. The second-order valence-electron chi connectivity index (χ2n) is 14.6. The lowest BCUT2D eigenvalue weighted by Gasteiger charge is -2.39. The Morgan fingerprint density at radius 3 is 2.14 bits per heavy atom. The van der Waals surface area contributed by atoms with E-state index in [-0.39, 0.29) is 25.0 Å². The van der Waals surface area contributed by atoms with Crippen molar-refractivity contribution in [2.75, 3.05) is 19.8 Å². The molecule has 14 nitrogen and oxygen atoms in total. The zero-order valence-corrected chi connectivity index (χ0v) is 32.0. The van der Waals surface area contributed by atoms with Crippen molar-refractivity contribution in [1.29, 1.82) is 1.43 Å². The molecule has 14 heteroatoms. The van der Waals surface area contributed by atoms with Gasteiger partial charge in [-0.2, -0.15) is 0 Å². The Morgan fingerprint density at radius 2 is 1.51 bits per heavy atom. The standard InChI is InChI=1S/C43H48N6O8/c1-26(45-38(52)36(24-50)47-41(54)56-25-34-32-16-9-7-14-30(32)31-15-8-10-17-33(31)34)37(51)46-35-18-11-23-49(39(35)53)40(44)48-42(55)57-43(2,3)29-21-19-28(20-22-29)27-12-5-4-6-13-27/h4-10,12-17,19-22,26,34-36,39,50,53H,11,18,23-25H2,1-3H3,(H,45,52)(H,46,51)(H,47,54)(H2,44,48,55)/i53T. The molecule has 0 spiro atoms. The van der Waals surface area contributed by atoms with Gasteiger partial charge in [-0.05, 0) is 72.6 Å². The Morgan fingerprint density at radius 1 is 0.895 bits per heavy atom. The van der Waals surface area contributed by atoms with Crippen LogP contribution in [0.25, 0.3) is 22.3 Å². The molecule has 1 aliphatic carbocycles. The van der Waals surface area contributed by atoms with E-state index in [0.717, 1.165) is 38.9 Å². The van der Waals surface area contributed by atoms with Crippen LogP contribution >= 0.6 is 0 Å². The largest absolute Gasteiger partial charge is 0.449 e. The van der Waals surface area contributed by atoms with Crippen molar-refractivity contribution in [2.24, 2.45) is 10.7 Å². The van der Waals surface area contributed by atoms with E-state index >= 15 is 0 Å². The number of nitrogens with two attached hydrogens (primary N) is 1. The summed E-state index contributed by atoms with van der Waals surface area (Å²) in [6, 6.07) is 29.9. The van der Waals surface area contributed by atoms with E-state index in [1.165, 1.54) is 11.8 Å². The number of guanidine groups is 1. The highest BCUT2D eigenvalue weighted by atomic mass is 16.6. The summed E-state index contributed by atoms with van der Waals surface area (Å²) in [4.78, 5) is 57.4. The summed E-state index contributed by atoms with van der Waals surface area (Å²) in [6.45, 7) is 4.42. The molecular weight excluding hydrogens is 729 g/mol. The van der Waals surface area contributed by atoms with Crippen molar-refractivity contribution < 1.29 is 38.9 Å². The Bertz CT molecular complexity index is 2090. The maximum absolute atomic E-state index is 13.3. The van der Waals surface area contributed by atoms with Crippen LogP contribution in [0.3, 0.4) is 0 Å². The lowest BCUT2D eigenvalue weighted by Crippen LogP contribution is -2.61. The zero-order valence-electron chi connectivity index (χ0n) is 33.0. The minimum absolute atomic E-state index is 0.00836. The first-order valence-corrected chi connectivity index (χ1v) is 18.8. The van der Waals surface area contributed by atoms with E-state index < -0.39 is 60.6 Å². The maximum Gasteiger partial charge on any atom is 0.437 e. The van der Waals surface area contributed by atoms with Crippen molar-refractivity contribution in [1.82, 2.24) is 20.9 Å². The van der Waals surface area contributed by atoms with Crippen LogP contribution in [0.15, 0.2) is 108 Å². The summed E-state index contributed by atoms with van der Waals surface area (Å²) in [5, 5.41) is 22.5. The molecule has 0 bridgehead atoms. The Kier molecular flexibility index (Phi) is 12.1. The van der Waals surface area contributed by atoms with Crippen LogP contribution in [-0.4, -0.2) is 90.6 Å². The van der Waals surface area contributed by atoms with Crippen LogP contribution in [0.4, 0.5) is 9.59 Å². The number of nitrogens with one attached hydrogen (secondary N) is 3. The number of aliphatic imine (C=N–C) groups is 1. The SMILES string of the molecule is [3H]OC1C(NC(=O)C(C)NC(=O)C(CO)NC(=O)OCC2c3ccccc3-c3ccccc32)CCCN1C(N)=NC(=O)OC(C)(C)c1ccc(-c2ccccc2)cc1. The number of fused-ring (bicyclic) bond motifs is 3. The smallest absolute Gasteiger partial charge is 0.437 e. The van der Waals surface area contributed by atoms with Gasteiger partial charge in [0.2, 0.25) is 19.2 Å². The van der Waals surface area contributed by atoms with Crippen molar-refractivity contribution in [3.8, 4) is 22.3 Å². The number of hydrogen-bond acceptors (Lipinski definition) is 8. The number of rotatable bonds is 12. The number of carbonyl (C=O) groups is 4. The normalized spacial score (nSPS) is 17.9. The van der Waals surface area contributed by atoms with Crippen LogP contribution in [0.5, 0.6) is 0 Å². The first kappa shape index (κ1) is 39.0. The highest BCUT2D eigenvalue weighted by Crippen LogP contribution is 2.44. The molecule has 6 rings (SSSR count). The second-order valence-corrected chi connectivity index (χ2v) is 14.6. The molecule has 1 aliphatic heterocycles. The monoisotopic (exact) mass is 778 g/mol. The van der Waals surface area contributed by atoms with Crippen LogP contribution in [0, 0.1) is 0 Å². The van der Waals surface area contributed by atoms with Gasteiger partial charge in [0.05, 0.1) is 12.6 Å². The van der Waals surface area contributed by atoms with Gasteiger partial charge >= 0.3 is 12.2 Å². The molecule has 4 aromatic carbocycles. The van der Waals surface area contributed by atoms with E-state index in [0.29, 0.717) is 12.8 Å². The predicted molar refractivity (Wildman–Crippen MR) is 214 cm³/mol. The van der Waals surface area contributed by atoms with Crippen LogP contribution < -0.4 is 21.7 Å². The summed E-state index contributed by atoms with van der Waals surface area (Å²) in [5.74, 6) is -1.91. The fourth-order valence-corrected chi connectivity index (χ4v) is 7.17. The third-order valence-electron chi connectivity index (χ3n) is 10.3. The molecule has 7 N–H and O–H groups in total. The van der Waals surface area contributed by atoms with Crippen molar-refractivity contribution in [3.05, 3.63) is 120 Å². The first-order chi connectivity index (χ1) is 27.9. The number of hydrogen-bond donors (Lipinski definition) is 6. The lowest BCUT2D eigenvalue weighted by molar-refractivity contribution is -0.131. The molecule has 0 aromatic heterocycles. The van der Waals surface area contributed by atoms with Gasteiger partial charge in [-0.1, -0.05) is 103 Å². The molecule has 57 heavy (non-hydrogen) atoms. The molecule has 1 fully saturated rings. The average Bonchev–Trinajstić information content (AvgIpc) is 3.55. The molecule has 2 aliphatic rings. The lowest BCUT2D eigenvalue weighted by atomic mass is 9.95. The number of likely N-dealkylation sites (tertiary alicyclic amines) is 1. The van der Waals surface area contributed by atoms with Crippen LogP contribution in [-0.2, 0) is 24.7 Å². The van der Waals surface area contributed by atoms with Gasteiger partial charge in [0.1, 0.15) is 30.5 Å². The fourth-order valence-electron chi connectivity index (χ4n) is 7.17. The number of nitrogens with zero attached hydrogens (tertiary/aromatic N) is 2. The third kappa shape index (κ3) is 9.42. The van der Waals surface area contributed by atoms with Gasteiger partial charge in [0.15, 0.2) is 0 Å². The van der Waals surface area contributed by atoms with E-state index in [4.69, 9.17) is 21.7 Å². The van der Waals surface area contributed by atoms with E-state index in [1.807, 2.05) is 103 Å². The summed E-state index contributed by atoms with van der Waals surface area (Å²) >= 11 is 0. The number of alkyl carbamates (subject to hydrolysis) is 1. The summed E-state index contributed by atoms with van der Waals surface area (Å²) in [6.07, 6.45) is -2.11. The number of ether oxygens (including phenoxy) is 2. The average molecular weight is 779 g/mol. The number of aliphatic hydroxyl groups is 2. The minimum atomic E-state index is -1.41. The predicted octanol–water partition coefficient (Wildman–Crippen LogP) is 4.34. The Balaban J connectivity index is 0.996. The van der Waals surface area contributed by atoms with E-state index in [9.17, 15) is 24.3 Å². The summed E-state index contributed by atoms with van der Waals surface area (Å²) < 4.78 is 19.0. The topological polar surface area (TPSA) is 205 Å². The van der Waals surface area contributed by atoms with Gasteiger partial charge in [0.25, 0.3) is 0 Å². The quantitative estimate of drug-likeness (QED) is 0.0887. The maximum atomic E-state index is 13.3. The van der Waals surface area contributed by atoms with E-state index in [2.05, 4.69) is 20.9 Å². The van der Waals surface area contributed by atoms with Gasteiger partial charge in [-0.25, -0.2) is 9.59 Å². The third-order valence-corrected chi connectivity index (χ3v) is 10.3. The molecule has 4 amide bonds. The van der Waals surface area contributed by atoms with E-state index in [1.54, 1.807) is 13.8 Å². The molecular formula is C43H48N6O8. The summed E-state index contributed by atoms with van der Waals surface area (Å²) in [5.41, 5.74) is 12.1. The van der Waals surface area contributed by atoms with Crippen LogP contribution in [0.1, 0.15) is 56.2 Å². The molecule has 4 aromatic rings. The van der Waals surface area contributed by atoms with Crippen LogP contribution in [0.2, 0.25) is 0 Å². The van der Waals surface area contributed by atoms with Gasteiger partial charge in [0, 0.05) is 12.5 Å². The van der Waals surface area contributed by atoms with Gasteiger partial charge in [-0.15, -0.1) is 4.99 Å². The van der Waals surface area contributed by atoms with Gasteiger partial charge < -0.3 is 46.3 Å². The Hall–Kier alpha value is -6.25. The molecule has 0 radical (unpaired) electrons. The summed E-state index contributed by atoms with van der Waals surface area (Å²) in [7, 11) is 0. The number of benzene rings is 4. The highest BCUT2D eigenvalue weighted by molar-refractivity contribution is 5.92. The molecule has 298 valence electrons. The Labute approximate surface area is 332 Å². The number of amides is 4. The van der Waals surface area contributed by atoms with Gasteiger partial charge in [-0.3, -0.25) is 9.59 Å². The zero-order chi connectivity index (χ0) is 41.4. The minimum Gasteiger partial charge on any atom is -0.449 e.